The number of nitrogens with zero attached hydrogens (tertiary/aromatic N) is 4. The maximum absolute atomic E-state index is 5.14. The smallest absolute Gasteiger partial charge is 0.138 e. The Balaban J connectivity index is 1.78. The molecule has 0 aromatic carbocycles. The van der Waals surface area contributed by atoms with Crippen LogP contribution < -0.4 is 0 Å². The second-order valence-electron chi connectivity index (χ2n) is 7.07. The lowest BCUT2D eigenvalue weighted by atomic mass is 10.1. The van der Waals surface area contributed by atoms with Crippen molar-refractivity contribution < 1.29 is 0 Å². The number of aliphatic imine (C=N–C) groups is 1. The average molecular weight is 278 g/mol. The highest BCUT2D eigenvalue weighted by Crippen LogP contribution is 2.29. The standard InChI is InChI=1S/C16H30N4/c1-13(2)12-14-17-15(19-8-4-5-9-19)16(18(14)3)20-10-6-7-11-20/h13,15-16H,4-12H2,1-3H3/t15-,16-/m0/s1. The van der Waals surface area contributed by atoms with Gasteiger partial charge in [-0.2, -0.15) is 0 Å². The van der Waals surface area contributed by atoms with Gasteiger partial charge in [-0.25, -0.2) is 4.99 Å². The van der Waals surface area contributed by atoms with Crippen LogP contribution >= 0.6 is 0 Å². The van der Waals surface area contributed by atoms with Gasteiger partial charge in [-0.05, 0) is 31.6 Å². The predicted molar refractivity (Wildman–Crippen MR) is 83.8 cm³/mol. The quantitative estimate of drug-likeness (QED) is 0.787. The van der Waals surface area contributed by atoms with Crippen LogP contribution in [0.2, 0.25) is 0 Å². The van der Waals surface area contributed by atoms with Crippen LogP contribution in [0, 0.1) is 5.92 Å². The monoisotopic (exact) mass is 278 g/mol. The van der Waals surface area contributed by atoms with Gasteiger partial charge >= 0.3 is 0 Å². The summed E-state index contributed by atoms with van der Waals surface area (Å²) in [5.74, 6) is 2.02. The zero-order valence-electron chi connectivity index (χ0n) is 13.4. The van der Waals surface area contributed by atoms with Gasteiger partial charge in [0.1, 0.15) is 18.2 Å². The third kappa shape index (κ3) is 2.73. The highest BCUT2D eigenvalue weighted by atomic mass is 15.5. The summed E-state index contributed by atoms with van der Waals surface area (Å²) in [6.07, 6.45) is 7.40. The van der Waals surface area contributed by atoms with E-state index in [9.17, 15) is 0 Å². The summed E-state index contributed by atoms with van der Waals surface area (Å²) < 4.78 is 0. The molecule has 4 heteroatoms. The number of amidine groups is 1. The number of rotatable bonds is 4. The normalized spacial score (nSPS) is 32.6. The summed E-state index contributed by atoms with van der Waals surface area (Å²) in [4.78, 5) is 12.9. The largest absolute Gasteiger partial charge is 0.344 e. The maximum atomic E-state index is 5.14. The van der Waals surface area contributed by atoms with Crippen molar-refractivity contribution in [2.75, 3.05) is 33.2 Å². The second-order valence-corrected chi connectivity index (χ2v) is 7.07. The van der Waals surface area contributed by atoms with Crippen LogP contribution in [0.4, 0.5) is 0 Å². The van der Waals surface area contributed by atoms with Crippen molar-refractivity contribution in [1.82, 2.24) is 14.7 Å². The van der Waals surface area contributed by atoms with Crippen LogP contribution in [0.15, 0.2) is 4.99 Å². The first-order valence-electron chi connectivity index (χ1n) is 8.44. The molecule has 20 heavy (non-hydrogen) atoms. The summed E-state index contributed by atoms with van der Waals surface area (Å²) in [5.41, 5.74) is 0. The Labute approximate surface area is 123 Å². The van der Waals surface area contributed by atoms with Crippen molar-refractivity contribution in [1.29, 1.82) is 0 Å². The first kappa shape index (κ1) is 14.3. The van der Waals surface area contributed by atoms with E-state index in [1.807, 2.05) is 0 Å². The molecule has 3 aliphatic rings. The Morgan fingerprint density at radius 2 is 1.55 bits per heavy atom. The molecule has 0 aromatic rings. The Morgan fingerprint density at radius 3 is 2.10 bits per heavy atom. The van der Waals surface area contributed by atoms with E-state index in [4.69, 9.17) is 4.99 Å². The minimum atomic E-state index is 0.384. The van der Waals surface area contributed by atoms with Crippen LogP contribution in [0.3, 0.4) is 0 Å². The van der Waals surface area contributed by atoms with Gasteiger partial charge in [0, 0.05) is 39.6 Å². The van der Waals surface area contributed by atoms with E-state index in [1.165, 1.54) is 57.7 Å². The molecule has 0 unspecified atom stereocenters. The topological polar surface area (TPSA) is 22.1 Å². The number of likely N-dealkylation sites (tertiary alicyclic amines) is 2. The first-order valence-corrected chi connectivity index (χ1v) is 8.44. The minimum absolute atomic E-state index is 0.384. The lowest BCUT2D eigenvalue weighted by molar-refractivity contribution is 0.0618. The van der Waals surface area contributed by atoms with E-state index < -0.39 is 0 Å². The molecule has 3 aliphatic heterocycles. The van der Waals surface area contributed by atoms with Crippen LogP contribution in [-0.4, -0.2) is 66.1 Å². The lowest BCUT2D eigenvalue weighted by Gasteiger charge is -2.37. The molecule has 3 heterocycles. The van der Waals surface area contributed by atoms with Crippen LogP contribution in [-0.2, 0) is 0 Å². The van der Waals surface area contributed by atoms with Gasteiger partial charge in [0.15, 0.2) is 0 Å². The lowest BCUT2D eigenvalue weighted by Crippen LogP contribution is -2.54. The summed E-state index contributed by atoms with van der Waals surface area (Å²) in [7, 11) is 2.26. The van der Waals surface area contributed by atoms with Gasteiger partial charge in [0.05, 0.1) is 0 Å². The van der Waals surface area contributed by atoms with E-state index in [2.05, 4.69) is 35.6 Å². The zero-order valence-corrected chi connectivity index (χ0v) is 13.4. The highest BCUT2D eigenvalue weighted by molar-refractivity contribution is 5.84. The molecule has 0 radical (unpaired) electrons. The molecule has 0 N–H and O–H groups in total. The maximum Gasteiger partial charge on any atom is 0.138 e. The summed E-state index contributed by atoms with van der Waals surface area (Å²) in [6, 6.07) is 0. The zero-order chi connectivity index (χ0) is 14.1. The fourth-order valence-corrected chi connectivity index (χ4v) is 3.94. The molecule has 2 fully saturated rings. The van der Waals surface area contributed by atoms with Gasteiger partial charge in [-0.15, -0.1) is 0 Å². The van der Waals surface area contributed by atoms with Crippen molar-refractivity contribution in [3.8, 4) is 0 Å². The molecule has 0 spiro atoms. The number of likely N-dealkylation sites (N-methyl/N-ethyl adjacent to an activating group) is 1. The molecular weight excluding hydrogens is 248 g/mol. The molecule has 0 aromatic heterocycles. The molecule has 2 atom stereocenters. The molecule has 3 rings (SSSR count). The number of hydrogen-bond acceptors (Lipinski definition) is 4. The summed E-state index contributed by atoms with van der Waals surface area (Å²) >= 11 is 0. The van der Waals surface area contributed by atoms with Crippen molar-refractivity contribution in [2.24, 2.45) is 10.9 Å². The Hall–Kier alpha value is -0.610. The summed E-state index contributed by atoms with van der Waals surface area (Å²) in [6.45, 7) is 9.57. The van der Waals surface area contributed by atoms with Gasteiger partial charge in [0.2, 0.25) is 0 Å². The molecule has 0 amide bonds. The summed E-state index contributed by atoms with van der Waals surface area (Å²) in [5, 5.41) is 0. The van der Waals surface area contributed by atoms with Gasteiger partial charge in [0.25, 0.3) is 0 Å². The van der Waals surface area contributed by atoms with Crippen molar-refractivity contribution in [3.63, 3.8) is 0 Å². The third-order valence-corrected chi connectivity index (χ3v) is 4.97. The van der Waals surface area contributed by atoms with E-state index in [0.29, 0.717) is 18.2 Å². The predicted octanol–water partition coefficient (Wildman–Crippen LogP) is 2.22. The Morgan fingerprint density at radius 1 is 1.00 bits per heavy atom. The van der Waals surface area contributed by atoms with Crippen molar-refractivity contribution >= 4 is 5.84 Å². The third-order valence-electron chi connectivity index (χ3n) is 4.97. The fraction of sp³-hybridized carbons (Fsp3) is 0.938. The van der Waals surface area contributed by atoms with E-state index in [1.54, 1.807) is 0 Å². The first-order chi connectivity index (χ1) is 9.66. The minimum Gasteiger partial charge on any atom is -0.344 e. The van der Waals surface area contributed by atoms with E-state index in [0.717, 1.165) is 6.42 Å². The van der Waals surface area contributed by atoms with Gasteiger partial charge < -0.3 is 4.90 Å². The highest BCUT2D eigenvalue weighted by Gasteiger charge is 2.42. The van der Waals surface area contributed by atoms with Crippen molar-refractivity contribution in [3.05, 3.63) is 0 Å². The van der Waals surface area contributed by atoms with Crippen LogP contribution in [0.25, 0.3) is 0 Å². The molecule has 114 valence electrons. The molecule has 0 saturated carbocycles. The van der Waals surface area contributed by atoms with Gasteiger partial charge in [-0.1, -0.05) is 13.8 Å². The molecule has 0 bridgehead atoms. The molecule has 2 saturated heterocycles. The van der Waals surface area contributed by atoms with Crippen LogP contribution in [0.5, 0.6) is 0 Å². The SMILES string of the molecule is CC(C)CC1=N[C@@H](N2CCCC2)[C@H](N2CCCC2)N1C. The average Bonchev–Trinajstić information content (AvgIpc) is 3.10. The Bertz CT molecular complexity index is 353. The van der Waals surface area contributed by atoms with E-state index in [-0.39, 0.29) is 0 Å². The Kier molecular flexibility index (Phi) is 4.32. The molecule has 4 nitrogen and oxygen atoms in total. The second kappa shape index (κ2) is 6.02. The van der Waals surface area contributed by atoms with Crippen LogP contribution in [0.1, 0.15) is 46.0 Å². The fourth-order valence-electron chi connectivity index (χ4n) is 3.94. The molecule has 0 aliphatic carbocycles. The van der Waals surface area contributed by atoms with Gasteiger partial charge in [-0.3, -0.25) is 9.80 Å². The number of hydrogen-bond donors (Lipinski definition) is 0. The van der Waals surface area contributed by atoms with E-state index >= 15 is 0 Å². The molecular formula is C16H30N4. The van der Waals surface area contributed by atoms with Crippen molar-refractivity contribution in [2.45, 2.75) is 58.3 Å².